The minimum Gasteiger partial charge on any atom is -0.756 e. The Labute approximate surface area is 123 Å². The lowest BCUT2D eigenvalue weighted by Gasteiger charge is -2.21. The first-order valence-corrected chi connectivity index (χ1v) is 8.58. The van der Waals surface area contributed by atoms with Gasteiger partial charge >= 0.3 is 0 Å². The summed E-state index contributed by atoms with van der Waals surface area (Å²) in [5.41, 5.74) is 0. The molecule has 0 bridgehead atoms. The Bertz CT molecular complexity index is 348. The van der Waals surface area contributed by atoms with Crippen LogP contribution in [-0.4, -0.2) is 55.2 Å². The highest BCUT2D eigenvalue weighted by Crippen LogP contribution is 2.38. The van der Waals surface area contributed by atoms with Crippen molar-refractivity contribution in [1.29, 1.82) is 0 Å². The Morgan fingerprint density at radius 1 is 1.35 bits per heavy atom. The van der Waals surface area contributed by atoms with E-state index in [1.54, 1.807) is 0 Å². The van der Waals surface area contributed by atoms with Crippen molar-refractivity contribution in [2.75, 3.05) is 33.9 Å². The number of hydrogen-bond donors (Lipinski definition) is 0. The Hall–Kier alpha value is -0.420. The fourth-order valence-electron chi connectivity index (χ4n) is 1.68. The Kier molecular flexibility index (Phi) is 9.30. The SMILES string of the molecule is CC1=[N+](C)CC(C)N1C.CCCOP(=O)([O-])OCCC. The van der Waals surface area contributed by atoms with E-state index in [1.165, 1.54) is 12.4 Å². The molecule has 0 spiro atoms. The molecule has 1 heterocycles. The summed E-state index contributed by atoms with van der Waals surface area (Å²) in [6.07, 6.45) is 1.34. The zero-order valence-electron chi connectivity index (χ0n) is 13.6. The zero-order chi connectivity index (χ0) is 15.8. The summed E-state index contributed by atoms with van der Waals surface area (Å²) in [5.74, 6) is 1.38. The number of phosphoric ester groups is 1. The molecule has 0 aromatic rings. The second kappa shape index (κ2) is 9.50. The van der Waals surface area contributed by atoms with Crippen LogP contribution in [0.5, 0.6) is 0 Å². The van der Waals surface area contributed by atoms with Crippen LogP contribution in [0.15, 0.2) is 0 Å². The molecule has 20 heavy (non-hydrogen) atoms. The fraction of sp³-hybridized carbons (Fsp3) is 0.923. The van der Waals surface area contributed by atoms with Crippen molar-refractivity contribution in [2.24, 2.45) is 0 Å². The minimum absolute atomic E-state index is 0.199. The topological polar surface area (TPSA) is 64.8 Å². The van der Waals surface area contributed by atoms with Crippen molar-refractivity contribution in [1.82, 2.24) is 4.90 Å². The molecular formula is C13H29N2O4P. The highest BCUT2D eigenvalue weighted by Gasteiger charge is 2.27. The molecule has 1 atom stereocenters. The third-order valence-electron chi connectivity index (χ3n) is 3.17. The molecule has 0 radical (unpaired) electrons. The Morgan fingerprint density at radius 3 is 2.00 bits per heavy atom. The standard InChI is InChI=1S/C7H15N2.C6H15O4P/c1-6-5-8(3)7(2)9(6)4;1-3-5-9-11(7,8)10-6-4-2/h6H,5H2,1-4H3;3-6H2,1-2H3,(H,7,8)/q+1;/p-1. The summed E-state index contributed by atoms with van der Waals surface area (Å²) in [7, 11) is 0.301. The first-order valence-electron chi connectivity index (χ1n) is 7.12. The monoisotopic (exact) mass is 308 g/mol. The molecule has 1 aliphatic heterocycles. The molecule has 0 amide bonds. The van der Waals surface area contributed by atoms with Crippen LogP contribution in [0.25, 0.3) is 0 Å². The number of phosphoric acid groups is 1. The largest absolute Gasteiger partial charge is 0.756 e. The summed E-state index contributed by atoms with van der Waals surface area (Å²) >= 11 is 0. The molecule has 0 aromatic heterocycles. The molecule has 0 N–H and O–H groups in total. The maximum absolute atomic E-state index is 10.7. The summed E-state index contributed by atoms with van der Waals surface area (Å²) < 4.78 is 21.9. The van der Waals surface area contributed by atoms with Gasteiger partial charge in [0, 0.05) is 6.92 Å². The van der Waals surface area contributed by atoms with Crippen molar-refractivity contribution in [2.45, 2.75) is 46.6 Å². The van der Waals surface area contributed by atoms with Gasteiger partial charge in [-0.15, -0.1) is 0 Å². The van der Waals surface area contributed by atoms with Crippen LogP contribution in [0, 0.1) is 0 Å². The average molecular weight is 308 g/mol. The predicted molar refractivity (Wildman–Crippen MR) is 79.0 cm³/mol. The first kappa shape index (κ1) is 19.6. The van der Waals surface area contributed by atoms with Crippen molar-refractivity contribution in [3.8, 4) is 0 Å². The lowest BCUT2D eigenvalue weighted by Crippen LogP contribution is -2.28. The van der Waals surface area contributed by atoms with Gasteiger partial charge in [-0.2, -0.15) is 0 Å². The molecule has 6 nitrogen and oxygen atoms in total. The summed E-state index contributed by atoms with van der Waals surface area (Å²) in [6.45, 7) is 9.63. The van der Waals surface area contributed by atoms with Crippen LogP contribution in [0.2, 0.25) is 0 Å². The summed E-state index contributed by atoms with van der Waals surface area (Å²) in [6, 6.07) is 0.690. The van der Waals surface area contributed by atoms with Crippen LogP contribution in [-0.2, 0) is 13.6 Å². The smallest absolute Gasteiger partial charge is 0.267 e. The number of hydrogen-bond acceptors (Lipinski definition) is 5. The molecule has 1 aliphatic rings. The van der Waals surface area contributed by atoms with E-state index < -0.39 is 7.82 Å². The molecule has 0 saturated carbocycles. The number of likely N-dealkylation sites (N-methyl/N-ethyl adjacent to an activating group) is 2. The van der Waals surface area contributed by atoms with Crippen LogP contribution in [0.3, 0.4) is 0 Å². The molecular weight excluding hydrogens is 279 g/mol. The maximum atomic E-state index is 10.7. The molecule has 0 saturated heterocycles. The molecule has 0 fully saturated rings. The quantitative estimate of drug-likeness (QED) is 0.552. The molecule has 1 unspecified atom stereocenters. The predicted octanol–water partition coefficient (Wildman–Crippen LogP) is 1.69. The van der Waals surface area contributed by atoms with Gasteiger partial charge in [0.15, 0.2) is 0 Å². The van der Waals surface area contributed by atoms with Crippen LogP contribution < -0.4 is 4.89 Å². The summed E-state index contributed by atoms with van der Waals surface area (Å²) in [4.78, 5) is 13.0. The highest BCUT2D eigenvalue weighted by molar-refractivity contribution is 7.45. The molecule has 7 heteroatoms. The average Bonchev–Trinajstić information content (AvgIpc) is 2.62. The molecule has 120 valence electrons. The van der Waals surface area contributed by atoms with E-state index in [0.29, 0.717) is 18.9 Å². The normalized spacial score (nSPS) is 19.1. The van der Waals surface area contributed by atoms with E-state index in [0.717, 1.165) is 0 Å². The van der Waals surface area contributed by atoms with Crippen molar-refractivity contribution in [3.05, 3.63) is 0 Å². The van der Waals surface area contributed by atoms with E-state index >= 15 is 0 Å². The van der Waals surface area contributed by atoms with Crippen LogP contribution in [0.1, 0.15) is 40.5 Å². The second-order valence-corrected chi connectivity index (χ2v) is 6.41. The fourth-order valence-corrected chi connectivity index (χ4v) is 2.57. The van der Waals surface area contributed by atoms with Gasteiger partial charge in [-0.05, 0) is 19.8 Å². The highest BCUT2D eigenvalue weighted by atomic mass is 31.2. The molecule has 0 aliphatic carbocycles. The van der Waals surface area contributed by atoms with E-state index in [-0.39, 0.29) is 13.2 Å². The van der Waals surface area contributed by atoms with Gasteiger partial charge in [0.05, 0.1) is 27.3 Å². The van der Waals surface area contributed by atoms with Crippen molar-refractivity contribution in [3.63, 3.8) is 0 Å². The summed E-state index contributed by atoms with van der Waals surface area (Å²) in [5, 5.41) is 0. The van der Waals surface area contributed by atoms with Gasteiger partial charge in [0.1, 0.15) is 12.6 Å². The molecule has 0 aromatic carbocycles. The Morgan fingerprint density at radius 2 is 1.80 bits per heavy atom. The number of amidine groups is 1. The Balaban J connectivity index is 0.000000367. The van der Waals surface area contributed by atoms with Crippen LogP contribution in [0.4, 0.5) is 0 Å². The number of nitrogens with zero attached hydrogens (tertiary/aromatic N) is 2. The first-order chi connectivity index (χ1) is 9.25. The van der Waals surface area contributed by atoms with E-state index in [4.69, 9.17) is 0 Å². The van der Waals surface area contributed by atoms with E-state index in [1.807, 2.05) is 13.8 Å². The number of rotatable bonds is 6. The van der Waals surface area contributed by atoms with E-state index in [2.05, 4.69) is 46.5 Å². The van der Waals surface area contributed by atoms with E-state index in [9.17, 15) is 9.46 Å². The van der Waals surface area contributed by atoms with Crippen molar-refractivity contribution < 1.29 is 23.1 Å². The van der Waals surface area contributed by atoms with Gasteiger partial charge < -0.3 is 13.9 Å². The van der Waals surface area contributed by atoms with Gasteiger partial charge in [-0.3, -0.25) is 14.0 Å². The minimum atomic E-state index is -3.98. The lowest BCUT2D eigenvalue weighted by molar-refractivity contribution is -0.490. The van der Waals surface area contributed by atoms with Gasteiger partial charge in [0.25, 0.3) is 7.82 Å². The van der Waals surface area contributed by atoms with Gasteiger partial charge in [-0.25, -0.2) is 0 Å². The third kappa shape index (κ3) is 7.39. The van der Waals surface area contributed by atoms with Crippen molar-refractivity contribution >= 4 is 13.7 Å². The second-order valence-electron chi connectivity index (χ2n) is 5.00. The van der Waals surface area contributed by atoms with Crippen LogP contribution >= 0.6 is 7.82 Å². The third-order valence-corrected chi connectivity index (χ3v) is 4.17. The van der Waals surface area contributed by atoms with Gasteiger partial charge in [0.2, 0.25) is 5.84 Å². The molecule has 1 rings (SSSR count). The maximum Gasteiger partial charge on any atom is 0.267 e. The van der Waals surface area contributed by atoms with Gasteiger partial charge in [-0.1, -0.05) is 13.8 Å². The lowest BCUT2D eigenvalue weighted by atomic mass is 10.3. The zero-order valence-corrected chi connectivity index (χ0v) is 14.5.